The van der Waals surface area contributed by atoms with Crippen LogP contribution in [-0.2, 0) is 0 Å². The largest absolute Gasteiger partial charge is 0.391 e. The lowest BCUT2D eigenvalue weighted by molar-refractivity contribution is -0.384. The number of anilines is 2. The summed E-state index contributed by atoms with van der Waals surface area (Å²) in [5.74, 6) is 5.24. The topological polar surface area (TPSA) is 139 Å². The molecular weight excluding hydrogens is 264 g/mol. The first-order chi connectivity index (χ1) is 9.23. The zero-order chi connectivity index (χ0) is 15.3. The fourth-order valence-electron chi connectivity index (χ4n) is 1.70. The number of nitrogen functional groups attached to an aromatic ring is 1. The van der Waals surface area contributed by atoms with Crippen LogP contribution in [0.5, 0.6) is 0 Å². The first-order valence-electron chi connectivity index (χ1n) is 6.13. The molecule has 0 aliphatic rings. The van der Waals surface area contributed by atoms with Crippen molar-refractivity contribution in [2.45, 2.75) is 33.3 Å². The summed E-state index contributed by atoms with van der Waals surface area (Å²) < 4.78 is 0. The number of hydrazine groups is 1. The molecule has 0 aliphatic heterocycles. The SMILES string of the molecule is CC(C)(C)CC(O)CNc1nc(NN)ncc1[N+](=O)[O-]. The van der Waals surface area contributed by atoms with Crippen LogP contribution in [-0.4, -0.2) is 32.6 Å². The molecule has 1 rings (SSSR count). The van der Waals surface area contributed by atoms with Gasteiger partial charge in [-0.25, -0.2) is 10.8 Å². The number of nitrogens with one attached hydrogen (secondary N) is 2. The Morgan fingerprint density at radius 2 is 2.20 bits per heavy atom. The van der Waals surface area contributed by atoms with Crippen molar-refractivity contribution >= 4 is 17.5 Å². The van der Waals surface area contributed by atoms with Gasteiger partial charge in [0, 0.05) is 6.54 Å². The van der Waals surface area contributed by atoms with Gasteiger partial charge in [0.15, 0.2) is 0 Å². The van der Waals surface area contributed by atoms with Crippen LogP contribution in [0.2, 0.25) is 0 Å². The standard InChI is InChI=1S/C11H20N6O3/c1-11(2,3)4-7(18)5-13-9-8(17(19)20)6-14-10(15-9)16-12/h6-7,18H,4-5,12H2,1-3H3,(H2,13,14,15,16). The molecule has 1 unspecified atom stereocenters. The maximum Gasteiger partial charge on any atom is 0.329 e. The van der Waals surface area contributed by atoms with Crippen LogP contribution < -0.4 is 16.6 Å². The third-order valence-electron chi connectivity index (χ3n) is 2.45. The molecule has 1 atom stereocenters. The molecule has 0 saturated carbocycles. The molecule has 1 heterocycles. The van der Waals surface area contributed by atoms with E-state index in [1.54, 1.807) is 0 Å². The number of nitrogens with zero attached hydrogens (tertiary/aromatic N) is 3. The Morgan fingerprint density at radius 3 is 2.70 bits per heavy atom. The van der Waals surface area contributed by atoms with Crippen molar-refractivity contribution in [2.75, 3.05) is 17.3 Å². The lowest BCUT2D eigenvalue weighted by atomic mass is 9.89. The molecule has 9 heteroatoms. The van der Waals surface area contributed by atoms with E-state index in [2.05, 4.69) is 20.7 Å². The van der Waals surface area contributed by atoms with Crippen molar-refractivity contribution in [2.24, 2.45) is 11.3 Å². The minimum absolute atomic E-state index is 0.0194. The Bertz CT molecular complexity index is 474. The zero-order valence-electron chi connectivity index (χ0n) is 11.8. The van der Waals surface area contributed by atoms with Gasteiger partial charge in [0.05, 0.1) is 11.0 Å². The first kappa shape index (κ1) is 16.1. The van der Waals surface area contributed by atoms with Gasteiger partial charge < -0.3 is 10.4 Å². The Balaban J connectivity index is 2.77. The van der Waals surface area contributed by atoms with Gasteiger partial charge in [0.1, 0.15) is 6.20 Å². The second kappa shape index (κ2) is 6.44. The summed E-state index contributed by atoms with van der Waals surface area (Å²) in [6.45, 7) is 6.15. The number of aromatic nitrogens is 2. The molecule has 0 fully saturated rings. The van der Waals surface area contributed by atoms with Crippen LogP contribution in [0.3, 0.4) is 0 Å². The molecule has 0 bridgehead atoms. The third-order valence-corrected chi connectivity index (χ3v) is 2.45. The maximum absolute atomic E-state index is 10.9. The van der Waals surface area contributed by atoms with E-state index < -0.39 is 11.0 Å². The van der Waals surface area contributed by atoms with E-state index in [-0.39, 0.29) is 29.4 Å². The van der Waals surface area contributed by atoms with Crippen LogP contribution in [0.15, 0.2) is 6.20 Å². The van der Waals surface area contributed by atoms with Crippen molar-refractivity contribution in [1.29, 1.82) is 0 Å². The third kappa shape index (κ3) is 4.94. The Labute approximate surface area is 116 Å². The number of aliphatic hydroxyl groups is 1. The van der Waals surface area contributed by atoms with Gasteiger partial charge in [-0.05, 0) is 11.8 Å². The highest BCUT2D eigenvalue weighted by Gasteiger charge is 2.20. The maximum atomic E-state index is 10.9. The highest BCUT2D eigenvalue weighted by Crippen LogP contribution is 2.23. The summed E-state index contributed by atoms with van der Waals surface area (Å²) in [4.78, 5) is 17.8. The molecule has 0 amide bonds. The number of hydrogen-bond acceptors (Lipinski definition) is 8. The zero-order valence-corrected chi connectivity index (χ0v) is 11.8. The van der Waals surface area contributed by atoms with Gasteiger partial charge in [-0.2, -0.15) is 4.98 Å². The molecule has 0 aromatic carbocycles. The number of rotatable bonds is 6. The van der Waals surface area contributed by atoms with Crippen molar-refractivity contribution in [1.82, 2.24) is 9.97 Å². The van der Waals surface area contributed by atoms with Gasteiger partial charge in [-0.15, -0.1) is 0 Å². The normalized spacial score (nSPS) is 12.8. The molecule has 9 nitrogen and oxygen atoms in total. The van der Waals surface area contributed by atoms with Crippen LogP contribution in [0.25, 0.3) is 0 Å². The van der Waals surface area contributed by atoms with Crippen LogP contribution >= 0.6 is 0 Å². The Kier molecular flexibility index (Phi) is 5.17. The summed E-state index contributed by atoms with van der Waals surface area (Å²) >= 11 is 0. The summed E-state index contributed by atoms with van der Waals surface area (Å²) in [6, 6.07) is 0. The average molecular weight is 284 g/mol. The van der Waals surface area contributed by atoms with Gasteiger partial charge in [0.25, 0.3) is 0 Å². The molecule has 1 aromatic rings. The second-order valence-electron chi connectivity index (χ2n) is 5.63. The lowest BCUT2D eigenvalue weighted by Gasteiger charge is -2.22. The lowest BCUT2D eigenvalue weighted by Crippen LogP contribution is -2.26. The van der Waals surface area contributed by atoms with E-state index in [1.807, 2.05) is 20.8 Å². The fourth-order valence-corrected chi connectivity index (χ4v) is 1.70. The fraction of sp³-hybridized carbons (Fsp3) is 0.636. The smallest absolute Gasteiger partial charge is 0.329 e. The Hall–Kier alpha value is -2.00. The van der Waals surface area contributed by atoms with E-state index in [9.17, 15) is 15.2 Å². The average Bonchev–Trinajstić information content (AvgIpc) is 2.33. The number of nitro groups is 1. The predicted molar refractivity (Wildman–Crippen MR) is 75.1 cm³/mol. The summed E-state index contributed by atoms with van der Waals surface area (Å²) in [6.07, 6.45) is 0.973. The van der Waals surface area contributed by atoms with E-state index in [4.69, 9.17) is 5.84 Å². The van der Waals surface area contributed by atoms with Crippen molar-refractivity contribution < 1.29 is 10.0 Å². The van der Waals surface area contributed by atoms with Gasteiger partial charge in [-0.3, -0.25) is 15.5 Å². The van der Waals surface area contributed by atoms with E-state index in [0.717, 1.165) is 6.20 Å². The predicted octanol–water partition coefficient (Wildman–Crippen LogP) is 0.879. The van der Waals surface area contributed by atoms with Crippen LogP contribution in [0, 0.1) is 15.5 Å². The van der Waals surface area contributed by atoms with E-state index in [1.165, 1.54) is 0 Å². The quantitative estimate of drug-likeness (QED) is 0.343. The number of aliphatic hydroxyl groups excluding tert-OH is 1. The van der Waals surface area contributed by atoms with Gasteiger partial charge >= 0.3 is 5.69 Å². The van der Waals surface area contributed by atoms with Crippen LogP contribution in [0.1, 0.15) is 27.2 Å². The minimum Gasteiger partial charge on any atom is -0.391 e. The monoisotopic (exact) mass is 284 g/mol. The highest BCUT2D eigenvalue weighted by atomic mass is 16.6. The molecule has 1 aromatic heterocycles. The molecular formula is C11H20N6O3. The molecule has 5 N–H and O–H groups in total. The minimum atomic E-state index is -0.640. The van der Waals surface area contributed by atoms with Crippen molar-refractivity contribution in [3.8, 4) is 0 Å². The summed E-state index contributed by atoms with van der Waals surface area (Å²) in [5, 5.41) is 23.5. The number of hydrogen-bond donors (Lipinski definition) is 4. The molecule has 0 spiro atoms. The first-order valence-corrected chi connectivity index (χ1v) is 6.13. The molecule has 0 radical (unpaired) electrons. The second-order valence-corrected chi connectivity index (χ2v) is 5.63. The molecule has 112 valence electrons. The Morgan fingerprint density at radius 1 is 1.55 bits per heavy atom. The van der Waals surface area contributed by atoms with E-state index >= 15 is 0 Å². The van der Waals surface area contributed by atoms with E-state index in [0.29, 0.717) is 6.42 Å². The van der Waals surface area contributed by atoms with Gasteiger partial charge in [0.2, 0.25) is 11.8 Å². The van der Waals surface area contributed by atoms with Gasteiger partial charge in [-0.1, -0.05) is 20.8 Å². The van der Waals surface area contributed by atoms with Crippen molar-refractivity contribution in [3.05, 3.63) is 16.3 Å². The highest BCUT2D eigenvalue weighted by molar-refractivity contribution is 5.56. The molecule has 20 heavy (non-hydrogen) atoms. The van der Waals surface area contributed by atoms with Crippen molar-refractivity contribution in [3.63, 3.8) is 0 Å². The summed E-state index contributed by atoms with van der Waals surface area (Å²) in [7, 11) is 0. The number of nitrogens with two attached hydrogens (primary N) is 1. The summed E-state index contributed by atoms with van der Waals surface area (Å²) in [5.41, 5.74) is 1.90. The van der Waals surface area contributed by atoms with Crippen LogP contribution in [0.4, 0.5) is 17.5 Å². The molecule has 0 saturated heterocycles. The molecule has 0 aliphatic carbocycles.